The summed E-state index contributed by atoms with van der Waals surface area (Å²) in [5.41, 5.74) is 0. The molecule has 1 N–H and O–H groups in total. The van der Waals surface area contributed by atoms with Gasteiger partial charge in [-0.25, -0.2) is 0 Å². The molecule has 3 aliphatic rings. The molecule has 3 rings (SSSR count). The van der Waals surface area contributed by atoms with Crippen molar-refractivity contribution in [2.45, 2.75) is 56.7 Å². The van der Waals surface area contributed by atoms with Gasteiger partial charge in [0.25, 0.3) is 0 Å². The van der Waals surface area contributed by atoms with Crippen molar-refractivity contribution in [2.24, 2.45) is 0 Å². The van der Waals surface area contributed by atoms with E-state index in [-0.39, 0.29) is 0 Å². The summed E-state index contributed by atoms with van der Waals surface area (Å²) in [7, 11) is 0. The van der Waals surface area contributed by atoms with Crippen LogP contribution < -0.4 is 5.32 Å². The summed E-state index contributed by atoms with van der Waals surface area (Å²) in [4.78, 5) is 2.63. The van der Waals surface area contributed by atoms with Gasteiger partial charge in [-0.05, 0) is 25.7 Å². The fraction of sp³-hybridized carbons (Fsp3) is 1.00. The molecule has 2 saturated carbocycles. The predicted molar refractivity (Wildman–Crippen MR) is 64.6 cm³/mol. The van der Waals surface area contributed by atoms with E-state index in [9.17, 15) is 0 Å². The van der Waals surface area contributed by atoms with Gasteiger partial charge < -0.3 is 10.1 Å². The minimum absolute atomic E-state index is 0.440. The maximum Gasteiger partial charge on any atom is 0.0826 e. The van der Waals surface area contributed by atoms with Crippen LogP contribution in [0.15, 0.2) is 0 Å². The van der Waals surface area contributed by atoms with Gasteiger partial charge in [-0.1, -0.05) is 12.8 Å². The molecular weight excluding hydrogens is 200 g/mol. The smallest absolute Gasteiger partial charge is 0.0826 e. The minimum Gasteiger partial charge on any atom is -0.374 e. The van der Waals surface area contributed by atoms with E-state index in [1.54, 1.807) is 0 Å². The molecule has 1 atom stereocenters. The molecule has 0 radical (unpaired) electrons. The number of nitrogens with one attached hydrogen (secondary N) is 1. The third-order valence-corrected chi connectivity index (χ3v) is 4.22. The molecular formula is C13H24N2O. The summed E-state index contributed by atoms with van der Waals surface area (Å²) in [6, 6.07) is 1.68. The molecule has 16 heavy (non-hydrogen) atoms. The van der Waals surface area contributed by atoms with Crippen molar-refractivity contribution >= 4 is 0 Å². The molecule has 92 valence electrons. The first-order chi connectivity index (χ1) is 7.92. The highest BCUT2D eigenvalue weighted by Gasteiger charge is 2.33. The monoisotopic (exact) mass is 224 g/mol. The van der Waals surface area contributed by atoms with Crippen LogP contribution in [-0.4, -0.2) is 49.3 Å². The molecule has 0 bridgehead atoms. The van der Waals surface area contributed by atoms with Crippen LogP contribution in [0, 0.1) is 0 Å². The van der Waals surface area contributed by atoms with Crippen LogP contribution >= 0.6 is 0 Å². The minimum atomic E-state index is 0.440. The Morgan fingerprint density at radius 1 is 1.12 bits per heavy atom. The molecule has 1 unspecified atom stereocenters. The van der Waals surface area contributed by atoms with E-state index in [0.29, 0.717) is 6.10 Å². The standard InChI is InChI=1S/C13H24N2O/c1-2-4-11(3-1)14-9-13-10-15(7-8-16-13)12-5-6-12/h11-14H,1-10H2. The normalized spacial score (nSPS) is 33.4. The second-order valence-corrected chi connectivity index (χ2v) is 5.61. The van der Waals surface area contributed by atoms with Crippen LogP contribution in [0.25, 0.3) is 0 Å². The van der Waals surface area contributed by atoms with Crippen molar-refractivity contribution in [3.8, 4) is 0 Å². The van der Waals surface area contributed by atoms with Crippen molar-refractivity contribution < 1.29 is 4.74 Å². The van der Waals surface area contributed by atoms with E-state index in [4.69, 9.17) is 4.74 Å². The van der Waals surface area contributed by atoms with Gasteiger partial charge in [0, 0.05) is 31.7 Å². The van der Waals surface area contributed by atoms with Crippen LogP contribution in [0.4, 0.5) is 0 Å². The lowest BCUT2D eigenvalue weighted by Gasteiger charge is -2.33. The maximum absolute atomic E-state index is 5.84. The first-order valence-corrected chi connectivity index (χ1v) is 7.01. The SMILES string of the molecule is C1CCC(NCC2CN(C3CC3)CCO2)C1. The lowest BCUT2D eigenvalue weighted by molar-refractivity contribution is -0.0310. The van der Waals surface area contributed by atoms with Gasteiger partial charge in [-0.3, -0.25) is 4.90 Å². The van der Waals surface area contributed by atoms with Gasteiger partial charge in [0.05, 0.1) is 12.7 Å². The lowest BCUT2D eigenvalue weighted by Crippen LogP contribution is -2.48. The summed E-state index contributed by atoms with van der Waals surface area (Å²) in [6.45, 7) is 4.32. The molecule has 0 aromatic rings. The van der Waals surface area contributed by atoms with Crippen molar-refractivity contribution in [1.82, 2.24) is 10.2 Å². The number of ether oxygens (including phenoxy) is 1. The van der Waals surface area contributed by atoms with E-state index >= 15 is 0 Å². The fourth-order valence-electron chi connectivity index (χ4n) is 3.07. The van der Waals surface area contributed by atoms with E-state index in [1.165, 1.54) is 38.5 Å². The molecule has 0 amide bonds. The molecule has 1 aliphatic heterocycles. The zero-order valence-electron chi connectivity index (χ0n) is 10.2. The number of morpholine rings is 1. The maximum atomic E-state index is 5.84. The molecule has 3 nitrogen and oxygen atoms in total. The summed E-state index contributed by atoms with van der Waals surface area (Å²) >= 11 is 0. The first-order valence-electron chi connectivity index (χ1n) is 7.01. The van der Waals surface area contributed by atoms with E-state index in [1.807, 2.05) is 0 Å². The van der Waals surface area contributed by atoms with E-state index in [2.05, 4.69) is 10.2 Å². The number of nitrogens with zero attached hydrogens (tertiary/aromatic N) is 1. The Morgan fingerprint density at radius 3 is 2.69 bits per heavy atom. The fourth-order valence-corrected chi connectivity index (χ4v) is 3.07. The van der Waals surface area contributed by atoms with Gasteiger partial charge in [0.1, 0.15) is 0 Å². The molecule has 1 saturated heterocycles. The predicted octanol–water partition coefficient (Wildman–Crippen LogP) is 1.38. The molecule has 0 aromatic carbocycles. The molecule has 0 spiro atoms. The van der Waals surface area contributed by atoms with E-state index in [0.717, 1.165) is 38.3 Å². The van der Waals surface area contributed by atoms with Crippen LogP contribution in [-0.2, 0) is 4.74 Å². The Hall–Kier alpha value is -0.120. The van der Waals surface area contributed by atoms with E-state index < -0.39 is 0 Å². The third-order valence-electron chi connectivity index (χ3n) is 4.22. The summed E-state index contributed by atoms with van der Waals surface area (Å²) in [5, 5.41) is 3.68. The Labute approximate surface area is 98.5 Å². The molecule has 2 aliphatic carbocycles. The zero-order chi connectivity index (χ0) is 10.8. The largest absolute Gasteiger partial charge is 0.374 e. The lowest BCUT2D eigenvalue weighted by atomic mass is 10.2. The number of rotatable bonds is 4. The molecule has 1 heterocycles. The molecule has 3 fully saturated rings. The Morgan fingerprint density at radius 2 is 1.94 bits per heavy atom. The summed E-state index contributed by atoms with van der Waals surface area (Å²) < 4.78 is 5.84. The summed E-state index contributed by atoms with van der Waals surface area (Å²) in [5.74, 6) is 0. The van der Waals surface area contributed by atoms with Gasteiger partial charge in [0.2, 0.25) is 0 Å². The highest BCUT2D eigenvalue weighted by Crippen LogP contribution is 2.28. The third kappa shape index (κ3) is 2.76. The highest BCUT2D eigenvalue weighted by molar-refractivity contribution is 4.88. The number of hydrogen-bond acceptors (Lipinski definition) is 3. The first kappa shape index (κ1) is 11.0. The summed E-state index contributed by atoms with van der Waals surface area (Å²) in [6.07, 6.45) is 8.85. The average Bonchev–Trinajstić information content (AvgIpc) is 3.05. The highest BCUT2D eigenvalue weighted by atomic mass is 16.5. The Kier molecular flexibility index (Phi) is 3.46. The van der Waals surface area contributed by atoms with Crippen LogP contribution in [0.5, 0.6) is 0 Å². The number of hydrogen-bond donors (Lipinski definition) is 1. The topological polar surface area (TPSA) is 24.5 Å². The second kappa shape index (κ2) is 5.03. The van der Waals surface area contributed by atoms with Crippen LogP contribution in [0.1, 0.15) is 38.5 Å². The van der Waals surface area contributed by atoms with Gasteiger partial charge in [-0.15, -0.1) is 0 Å². The second-order valence-electron chi connectivity index (χ2n) is 5.61. The average molecular weight is 224 g/mol. The van der Waals surface area contributed by atoms with Gasteiger partial charge in [0.15, 0.2) is 0 Å². The molecule has 0 aromatic heterocycles. The van der Waals surface area contributed by atoms with Crippen LogP contribution in [0.3, 0.4) is 0 Å². The van der Waals surface area contributed by atoms with Crippen LogP contribution in [0.2, 0.25) is 0 Å². The van der Waals surface area contributed by atoms with Gasteiger partial charge >= 0.3 is 0 Å². The quantitative estimate of drug-likeness (QED) is 0.781. The van der Waals surface area contributed by atoms with Crippen molar-refractivity contribution in [1.29, 1.82) is 0 Å². The Balaban J connectivity index is 1.39. The van der Waals surface area contributed by atoms with Crippen molar-refractivity contribution in [3.05, 3.63) is 0 Å². The van der Waals surface area contributed by atoms with Crippen molar-refractivity contribution in [3.63, 3.8) is 0 Å². The molecule has 3 heteroatoms. The van der Waals surface area contributed by atoms with Crippen molar-refractivity contribution in [2.75, 3.05) is 26.2 Å². The van der Waals surface area contributed by atoms with Gasteiger partial charge in [-0.2, -0.15) is 0 Å². The zero-order valence-corrected chi connectivity index (χ0v) is 10.2. The Bertz CT molecular complexity index is 224.